The third-order valence-electron chi connectivity index (χ3n) is 3.36. The fourth-order valence-electron chi connectivity index (χ4n) is 2.23. The molecule has 1 unspecified atom stereocenters. The number of aryl methyl sites for hydroxylation is 1. The highest BCUT2D eigenvalue weighted by atomic mass is 16.5. The number of nitrogens with one attached hydrogen (secondary N) is 1. The summed E-state index contributed by atoms with van der Waals surface area (Å²) in [4.78, 5) is 12.2. The molecule has 3 heteroatoms. The van der Waals surface area contributed by atoms with Gasteiger partial charge in [0, 0.05) is 5.69 Å². The van der Waals surface area contributed by atoms with Gasteiger partial charge in [-0.3, -0.25) is 0 Å². The average Bonchev–Trinajstić information content (AvgIpc) is 2.47. The van der Waals surface area contributed by atoms with Gasteiger partial charge in [-0.1, -0.05) is 42.5 Å². The predicted molar refractivity (Wildman–Crippen MR) is 80.6 cm³/mol. The molecule has 0 saturated heterocycles. The lowest BCUT2D eigenvalue weighted by Gasteiger charge is -2.29. The molecular formula is C17H19NO2. The van der Waals surface area contributed by atoms with Gasteiger partial charge in [-0.15, -0.1) is 0 Å². The Morgan fingerprint density at radius 3 is 2.40 bits per heavy atom. The summed E-state index contributed by atoms with van der Waals surface area (Å²) in [6.07, 6.45) is 0. The first-order valence-corrected chi connectivity index (χ1v) is 6.55. The van der Waals surface area contributed by atoms with Crippen LogP contribution in [-0.4, -0.2) is 13.1 Å². The Kier molecular flexibility index (Phi) is 4.08. The molecule has 20 heavy (non-hydrogen) atoms. The van der Waals surface area contributed by atoms with Gasteiger partial charge in [0.05, 0.1) is 7.11 Å². The molecule has 0 bridgehead atoms. The SMILES string of the molecule is COC(=O)C(C)(Nc1cccc(C)c1)c1ccccc1. The van der Waals surface area contributed by atoms with E-state index in [1.807, 2.05) is 68.4 Å². The van der Waals surface area contributed by atoms with Crippen molar-refractivity contribution in [3.63, 3.8) is 0 Å². The Bertz CT molecular complexity index is 595. The second-order valence-electron chi connectivity index (χ2n) is 4.98. The fraction of sp³-hybridized carbons (Fsp3) is 0.235. The number of carbonyl (C=O) groups is 1. The molecule has 0 saturated carbocycles. The van der Waals surface area contributed by atoms with Crippen LogP contribution in [0.5, 0.6) is 0 Å². The highest BCUT2D eigenvalue weighted by Gasteiger charge is 2.36. The van der Waals surface area contributed by atoms with E-state index in [4.69, 9.17) is 4.74 Å². The molecule has 3 nitrogen and oxygen atoms in total. The van der Waals surface area contributed by atoms with Crippen molar-refractivity contribution in [1.29, 1.82) is 0 Å². The molecule has 0 fully saturated rings. The Morgan fingerprint density at radius 1 is 1.10 bits per heavy atom. The summed E-state index contributed by atoms with van der Waals surface area (Å²) in [5, 5.41) is 3.29. The van der Waals surface area contributed by atoms with Gasteiger partial charge < -0.3 is 10.1 Å². The Morgan fingerprint density at radius 2 is 1.80 bits per heavy atom. The van der Waals surface area contributed by atoms with Crippen LogP contribution in [-0.2, 0) is 15.1 Å². The van der Waals surface area contributed by atoms with E-state index in [2.05, 4.69) is 5.32 Å². The van der Waals surface area contributed by atoms with Crippen LogP contribution in [0.25, 0.3) is 0 Å². The third-order valence-corrected chi connectivity index (χ3v) is 3.36. The average molecular weight is 269 g/mol. The number of ether oxygens (including phenoxy) is 1. The van der Waals surface area contributed by atoms with Gasteiger partial charge in [0.2, 0.25) is 0 Å². The van der Waals surface area contributed by atoms with Gasteiger partial charge >= 0.3 is 5.97 Å². The lowest BCUT2D eigenvalue weighted by molar-refractivity contribution is -0.145. The van der Waals surface area contributed by atoms with Crippen LogP contribution < -0.4 is 5.32 Å². The highest BCUT2D eigenvalue weighted by Crippen LogP contribution is 2.27. The van der Waals surface area contributed by atoms with Crippen LogP contribution in [0.15, 0.2) is 54.6 Å². The third kappa shape index (κ3) is 2.82. The fourth-order valence-corrected chi connectivity index (χ4v) is 2.23. The first-order valence-electron chi connectivity index (χ1n) is 6.55. The number of esters is 1. The van der Waals surface area contributed by atoms with Crippen molar-refractivity contribution < 1.29 is 9.53 Å². The molecule has 0 heterocycles. The summed E-state index contributed by atoms with van der Waals surface area (Å²) in [5.41, 5.74) is 1.98. The normalized spacial score (nSPS) is 13.3. The van der Waals surface area contributed by atoms with Crippen molar-refractivity contribution >= 4 is 11.7 Å². The lowest BCUT2D eigenvalue weighted by atomic mass is 9.91. The minimum Gasteiger partial charge on any atom is -0.467 e. The van der Waals surface area contributed by atoms with Crippen LogP contribution in [0.1, 0.15) is 18.1 Å². The molecule has 0 aliphatic rings. The Hall–Kier alpha value is -2.29. The number of benzene rings is 2. The molecule has 104 valence electrons. The smallest absolute Gasteiger partial charge is 0.335 e. The minimum atomic E-state index is -0.913. The Labute approximate surface area is 119 Å². The van der Waals surface area contributed by atoms with Crippen molar-refractivity contribution in [1.82, 2.24) is 0 Å². The summed E-state index contributed by atoms with van der Waals surface area (Å²) in [6, 6.07) is 17.5. The second kappa shape index (κ2) is 5.78. The summed E-state index contributed by atoms with van der Waals surface area (Å²) >= 11 is 0. The summed E-state index contributed by atoms with van der Waals surface area (Å²) in [7, 11) is 1.40. The molecule has 0 spiro atoms. The first kappa shape index (κ1) is 14.1. The molecular weight excluding hydrogens is 250 g/mol. The number of carbonyl (C=O) groups excluding carboxylic acids is 1. The Balaban J connectivity index is 2.41. The zero-order valence-corrected chi connectivity index (χ0v) is 12.0. The molecule has 2 rings (SSSR count). The van der Waals surface area contributed by atoms with Crippen molar-refractivity contribution in [3.05, 3.63) is 65.7 Å². The van der Waals surface area contributed by atoms with Crippen molar-refractivity contribution in [3.8, 4) is 0 Å². The van der Waals surface area contributed by atoms with E-state index >= 15 is 0 Å². The number of hydrogen-bond donors (Lipinski definition) is 1. The van der Waals surface area contributed by atoms with Gasteiger partial charge in [0.25, 0.3) is 0 Å². The van der Waals surface area contributed by atoms with E-state index in [9.17, 15) is 4.79 Å². The maximum absolute atomic E-state index is 12.2. The van der Waals surface area contributed by atoms with Crippen molar-refractivity contribution in [2.24, 2.45) is 0 Å². The monoisotopic (exact) mass is 269 g/mol. The first-order chi connectivity index (χ1) is 9.56. The number of rotatable bonds is 4. The quantitative estimate of drug-likeness (QED) is 0.863. The van der Waals surface area contributed by atoms with Crippen molar-refractivity contribution in [2.45, 2.75) is 19.4 Å². The standard InChI is InChI=1S/C17H19NO2/c1-13-8-7-11-15(12-13)18-17(2,16(19)20-3)14-9-5-4-6-10-14/h4-12,18H,1-3H3. The molecule has 1 atom stereocenters. The van der Waals surface area contributed by atoms with Crippen LogP contribution in [0.3, 0.4) is 0 Å². The molecule has 0 radical (unpaired) electrons. The number of hydrogen-bond acceptors (Lipinski definition) is 3. The maximum Gasteiger partial charge on any atom is 0.335 e. The minimum absolute atomic E-state index is 0.315. The van der Waals surface area contributed by atoms with Crippen LogP contribution >= 0.6 is 0 Å². The topological polar surface area (TPSA) is 38.3 Å². The van der Waals surface area contributed by atoms with E-state index in [1.54, 1.807) is 0 Å². The zero-order chi connectivity index (χ0) is 14.6. The summed E-state index contributed by atoms with van der Waals surface area (Å²) < 4.78 is 4.97. The van der Waals surface area contributed by atoms with Crippen LogP contribution in [0.4, 0.5) is 5.69 Å². The van der Waals surface area contributed by atoms with Gasteiger partial charge in [-0.05, 0) is 37.1 Å². The number of methoxy groups -OCH3 is 1. The molecule has 1 N–H and O–H groups in total. The summed E-state index contributed by atoms with van der Waals surface area (Å²) in [6.45, 7) is 3.85. The van der Waals surface area contributed by atoms with E-state index in [0.717, 1.165) is 16.8 Å². The molecule has 0 aromatic heterocycles. The molecule has 0 aliphatic heterocycles. The van der Waals surface area contributed by atoms with E-state index in [1.165, 1.54) is 7.11 Å². The predicted octanol–water partition coefficient (Wildman–Crippen LogP) is 3.50. The van der Waals surface area contributed by atoms with Crippen molar-refractivity contribution in [2.75, 3.05) is 12.4 Å². The molecule has 2 aromatic rings. The zero-order valence-electron chi connectivity index (χ0n) is 12.0. The van der Waals surface area contributed by atoms with Gasteiger partial charge in [-0.25, -0.2) is 4.79 Å². The molecule has 0 aliphatic carbocycles. The molecule has 0 amide bonds. The van der Waals surface area contributed by atoms with Crippen LogP contribution in [0, 0.1) is 6.92 Å². The van der Waals surface area contributed by atoms with Crippen LogP contribution in [0.2, 0.25) is 0 Å². The van der Waals surface area contributed by atoms with E-state index in [-0.39, 0.29) is 5.97 Å². The van der Waals surface area contributed by atoms with Gasteiger partial charge in [0.15, 0.2) is 5.54 Å². The second-order valence-corrected chi connectivity index (χ2v) is 4.98. The van der Waals surface area contributed by atoms with E-state index in [0.29, 0.717) is 0 Å². The maximum atomic E-state index is 12.2. The van der Waals surface area contributed by atoms with E-state index < -0.39 is 5.54 Å². The van der Waals surface area contributed by atoms with Gasteiger partial charge in [0.1, 0.15) is 0 Å². The lowest BCUT2D eigenvalue weighted by Crippen LogP contribution is -2.41. The number of anilines is 1. The molecule has 2 aromatic carbocycles. The highest BCUT2D eigenvalue weighted by molar-refractivity contribution is 5.85. The van der Waals surface area contributed by atoms with Gasteiger partial charge in [-0.2, -0.15) is 0 Å². The largest absolute Gasteiger partial charge is 0.467 e. The summed E-state index contributed by atoms with van der Waals surface area (Å²) in [5.74, 6) is -0.315.